The van der Waals surface area contributed by atoms with Crippen LogP contribution < -0.4 is 5.32 Å². The molecule has 88 valence electrons. The fraction of sp³-hybridized carbons (Fsp3) is 0.667. The van der Waals surface area contributed by atoms with E-state index in [1.807, 2.05) is 0 Å². The average Bonchev–Trinajstić information content (AvgIpc) is 2.25. The van der Waals surface area contributed by atoms with Gasteiger partial charge in [-0.15, -0.1) is 0 Å². The van der Waals surface area contributed by atoms with Crippen molar-refractivity contribution in [2.24, 2.45) is 11.8 Å². The molecule has 1 aliphatic carbocycles. The normalized spacial score (nSPS) is 30.1. The lowest BCUT2D eigenvalue weighted by Gasteiger charge is -2.34. The molecule has 1 N–H and O–H groups in total. The summed E-state index contributed by atoms with van der Waals surface area (Å²) in [5.41, 5.74) is 0. The van der Waals surface area contributed by atoms with Crippen LogP contribution in [0.4, 0.5) is 10.2 Å². The van der Waals surface area contributed by atoms with E-state index in [2.05, 4.69) is 29.1 Å². The molecular weight excluding hydrogens is 205 g/mol. The highest BCUT2D eigenvalue weighted by Gasteiger charge is 2.27. The summed E-state index contributed by atoms with van der Waals surface area (Å²) in [6, 6.07) is 1.75. The number of hydrogen-bond acceptors (Lipinski definition) is 3. The first-order chi connectivity index (χ1) is 7.66. The predicted octanol–water partition coefficient (Wildman–Crippen LogP) is 2.85. The summed E-state index contributed by atoms with van der Waals surface area (Å²) in [4.78, 5) is 7.48. The van der Waals surface area contributed by atoms with Crippen LogP contribution in [-0.2, 0) is 0 Å². The van der Waals surface area contributed by atoms with Crippen LogP contribution in [0.3, 0.4) is 0 Å². The lowest BCUT2D eigenvalue weighted by molar-refractivity contribution is 0.253. The molecule has 1 aliphatic rings. The van der Waals surface area contributed by atoms with Crippen LogP contribution in [0.5, 0.6) is 0 Å². The van der Waals surface area contributed by atoms with Gasteiger partial charge in [0.25, 0.3) is 0 Å². The summed E-state index contributed by atoms with van der Waals surface area (Å²) in [6.07, 6.45) is 4.92. The molecule has 0 bridgehead atoms. The van der Waals surface area contributed by atoms with Gasteiger partial charge in [0, 0.05) is 12.1 Å². The molecule has 1 saturated carbocycles. The van der Waals surface area contributed by atoms with Gasteiger partial charge in [-0.1, -0.05) is 26.7 Å². The van der Waals surface area contributed by atoms with E-state index in [1.54, 1.807) is 0 Å². The van der Waals surface area contributed by atoms with Gasteiger partial charge in [0.15, 0.2) is 0 Å². The summed E-state index contributed by atoms with van der Waals surface area (Å²) < 4.78 is 12.9. The number of anilines is 1. The summed E-state index contributed by atoms with van der Waals surface area (Å²) >= 11 is 0. The molecule has 2 rings (SSSR count). The summed E-state index contributed by atoms with van der Waals surface area (Å²) in [5, 5.41) is 3.31. The van der Waals surface area contributed by atoms with Crippen molar-refractivity contribution in [2.75, 3.05) is 5.32 Å². The molecule has 4 heteroatoms. The SMILES string of the molecule is CC1CCCC(Nc2cc(F)ncn2)C1C. The van der Waals surface area contributed by atoms with Gasteiger partial charge in [0.05, 0.1) is 0 Å². The molecule has 3 unspecified atom stereocenters. The summed E-state index contributed by atoms with van der Waals surface area (Å²) in [6.45, 7) is 4.53. The van der Waals surface area contributed by atoms with Crippen molar-refractivity contribution in [3.8, 4) is 0 Å². The van der Waals surface area contributed by atoms with E-state index < -0.39 is 5.95 Å². The Bertz CT molecular complexity index is 356. The van der Waals surface area contributed by atoms with Crippen molar-refractivity contribution < 1.29 is 4.39 Å². The summed E-state index contributed by atoms with van der Waals surface area (Å²) in [5.74, 6) is 1.44. The number of rotatable bonds is 2. The Hall–Kier alpha value is -1.19. The highest BCUT2D eigenvalue weighted by atomic mass is 19.1. The molecule has 0 saturated heterocycles. The monoisotopic (exact) mass is 223 g/mol. The topological polar surface area (TPSA) is 37.8 Å². The van der Waals surface area contributed by atoms with E-state index in [0.29, 0.717) is 17.8 Å². The van der Waals surface area contributed by atoms with Crippen LogP contribution in [0.15, 0.2) is 12.4 Å². The maximum Gasteiger partial charge on any atom is 0.217 e. The lowest BCUT2D eigenvalue weighted by Crippen LogP contribution is -2.35. The van der Waals surface area contributed by atoms with Crippen LogP contribution in [0.25, 0.3) is 0 Å². The molecule has 0 aromatic carbocycles. The lowest BCUT2D eigenvalue weighted by atomic mass is 9.78. The van der Waals surface area contributed by atoms with Crippen LogP contribution >= 0.6 is 0 Å². The fourth-order valence-electron chi connectivity index (χ4n) is 2.39. The molecule has 0 spiro atoms. The highest BCUT2D eigenvalue weighted by molar-refractivity contribution is 5.33. The zero-order valence-corrected chi connectivity index (χ0v) is 9.78. The van der Waals surface area contributed by atoms with Gasteiger partial charge in [-0.05, 0) is 18.3 Å². The second-order valence-corrected chi connectivity index (χ2v) is 4.74. The molecule has 16 heavy (non-hydrogen) atoms. The van der Waals surface area contributed by atoms with Crippen LogP contribution in [0.2, 0.25) is 0 Å². The average molecular weight is 223 g/mol. The Balaban J connectivity index is 2.03. The van der Waals surface area contributed by atoms with E-state index in [4.69, 9.17) is 0 Å². The zero-order chi connectivity index (χ0) is 11.5. The second kappa shape index (κ2) is 4.76. The Labute approximate surface area is 95.5 Å². The number of hydrogen-bond donors (Lipinski definition) is 1. The van der Waals surface area contributed by atoms with Gasteiger partial charge in [-0.2, -0.15) is 4.39 Å². The van der Waals surface area contributed by atoms with E-state index in [0.717, 1.165) is 12.3 Å². The van der Waals surface area contributed by atoms with Crippen molar-refractivity contribution in [3.63, 3.8) is 0 Å². The number of halogens is 1. The number of aromatic nitrogens is 2. The molecule has 0 aliphatic heterocycles. The molecule has 0 amide bonds. The van der Waals surface area contributed by atoms with Crippen molar-refractivity contribution in [1.82, 2.24) is 9.97 Å². The van der Waals surface area contributed by atoms with E-state index in [9.17, 15) is 4.39 Å². The van der Waals surface area contributed by atoms with Gasteiger partial charge >= 0.3 is 0 Å². The van der Waals surface area contributed by atoms with Gasteiger partial charge in [-0.25, -0.2) is 9.97 Å². The van der Waals surface area contributed by atoms with E-state index >= 15 is 0 Å². The Morgan fingerprint density at radius 1 is 1.31 bits per heavy atom. The largest absolute Gasteiger partial charge is 0.367 e. The number of nitrogens with one attached hydrogen (secondary N) is 1. The third-order valence-corrected chi connectivity index (χ3v) is 3.67. The molecule has 1 aromatic rings. The smallest absolute Gasteiger partial charge is 0.217 e. The first-order valence-electron chi connectivity index (χ1n) is 5.91. The Kier molecular flexibility index (Phi) is 3.36. The van der Waals surface area contributed by atoms with Crippen molar-refractivity contribution in [3.05, 3.63) is 18.3 Å². The third kappa shape index (κ3) is 2.49. The van der Waals surface area contributed by atoms with Crippen LogP contribution in [-0.4, -0.2) is 16.0 Å². The quantitative estimate of drug-likeness (QED) is 0.783. The third-order valence-electron chi connectivity index (χ3n) is 3.67. The standard InChI is InChI=1S/C12H18FN3/c1-8-4-3-5-10(9(8)2)16-12-6-11(13)14-7-15-12/h6-10H,3-5H2,1-2H3,(H,14,15,16). The molecule has 0 radical (unpaired) electrons. The molecule has 3 atom stereocenters. The fourth-order valence-corrected chi connectivity index (χ4v) is 2.39. The maximum absolute atomic E-state index is 12.9. The second-order valence-electron chi connectivity index (χ2n) is 4.74. The van der Waals surface area contributed by atoms with Gasteiger partial charge < -0.3 is 5.32 Å². The Morgan fingerprint density at radius 2 is 2.12 bits per heavy atom. The van der Waals surface area contributed by atoms with Crippen LogP contribution in [0, 0.1) is 17.8 Å². The van der Waals surface area contributed by atoms with Crippen molar-refractivity contribution in [2.45, 2.75) is 39.2 Å². The van der Waals surface area contributed by atoms with Crippen molar-refractivity contribution >= 4 is 5.82 Å². The van der Waals surface area contributed by atoms with E-state index in [-0.39, 0.29) is 0 Å². The van der Waals surface area contributed by atoms with Gasteiger partial charge in [0.1, 0.15) is 12.1 Å². The maximum atomic E-state index is 12.9. The van der Waals surface area contributed by atoms with Gasteiger partial charge in [-0.3, -0.25) is 0 Å². The first kappa shape index (κ1) is 11.3. The Morgan fingerprint density at radius 3 is 2.88 bits per heavy atom. The van der Waals surface area contributed by atoms with E-state index in [1.165, 1.54) is 25.2 Å². The molecule has 3 nitrogen and oxygen atoms in total. The highest BCUT2D eigenvalue weighted by Crippen LogP contribution is 2.31. The summed E-state index contributed by atoms with van der Waals surface area (Å²) in [7, 11) is 0. The number of nitrogens with zero attached hydrogens (tertiary/aromatic N) is 2. The predicted molar refractivity (Wildman–Crippen MR) is 61.6 cm³/mol. The minimum absolute atomic E-state index is 0.401. The minimum Gasteiger partial charge on any atom is -0.367 e. The molecule has 1 aromatic heterocycles. The first-order valence-corrected chi connectivity index (χ1v) is 5.91. The molecular formula is C12H18FN3. The minimum atomic E-state index is -0.478. The molecule has 1 heterocycles. The van der Waals surface area contributed by atoms with Gasteiger partial charge in [0.2, 0.25) is 5.95 Å². The zero-order valence-electron chi connectivity index (χ0n) is 9.78. The molecule has 1 fully saturated rings. The van der Waals surface area contributed by atoms with Crippen molar-refractivity contribution in [1.29, 1.82) is 0 Å². The van der Waals surface area contributed by atoms with Crippen LogP contribution in [0.1, 0.15) is 33.1 Å².